The van der Waals surface area contributed by atoms with Crippen molar-refractivity contribution in [1.29, 1.82) is 0 Å². The molecule has 0 aliphatic carbocycles. The van der Waals surface area contributed by atoms with Crippen LogP contribution in [0.15, 0.2) is 158 Å². The van der Waals surface area contributed by atoms with Crippen molar-refractivity contribution in [2.75, 3.05) is 83.6 Å². The normalized spacial score (nSPS) is 11.7. The van der Waals surface area contributed by atoms with E-state index in [4.69, 9.17) is 20.9 Å². The first-order chi connectivity index (χ1) is 52.2. The molecular formula is C79H93I3N12O14. The van der Waals surface area contributed by atoms with Gasteiger partial charge in [-0.1, -0.05) is 17.7 Å². The molecule has 0 fully saturated rings. The number of anilines is 2. The molecule has 0 saturated carbocycles. The second-order valence-corrected chi connectivity index (χ2v) is 28.0. The van der Waals surface area contributed by atoms with Gasteiger partial charge in [0.1, 0.15) is 36.2 Å². The van der Waals surface area contributed by atoms with Crippen molar-refractivity contribution in [3.63, 3.8) is 0 Å². The number of halogens is 3. The van der Waals surface area contributed by atoms with Gasteiger partial charge >= 0.3 is 0 Å². The average molecular weight is 1810 g/mol. The molecule has 108 heavy (non-hydrogen) atoms. The van der Waals surface area contributed by atoms with E-state index in [1.165, 1.54) is 29.2 Å². The molecule has 0 bridgehead atoms. The Labute approximate surface area is 669 Å². The lowest BCUT2D eigenvalue weighted by atomic mass is 10.1. The predicted octanol–water partition coefficient (Wildman–Crippen LogP) is 9.74. The number of carbonyl (C=O) groups is 12. The number of benzene rings is 6. The molecule has 2 aliphatic heterocycles. The minimum Gasteiger partial charge on any atom is -0.494 e. The summed E-state index contributed by atoms with van der Waals surface area (Å²) in [7, 11) is 0. The first-order valence-electron chi connectivity index (χ1n) is 35.4. The number of aryl methyl sites for hydroxylation is 2. The zero-order chi connectivity index (χ0) is 78.3. The van der Waals surface area contributed by atoms with Gasteiger partial charge in [-0.3, -0.25) is 53.0 Å². The van der Waals surface area contributed by atoms with Crippen molar-refractivity contribution in [3.8, 4) is 11.5 Å². The number of aromatic nitrogens is 2. The summed E-state index contributed by atoms with van der Waals surface area (Å²) in [6.45, 7) is 7.55. The van der Waals surface area contributed by atoms with Gasteiger partial charge in [-0.25, -0.2) is 4.98 Å². The maximum absolute atomic E-state index is 12.2. The molecule has 6 aromatic carbocycles. The number of unbranched alkanes of at least 4 members (excludes halogenated alkanes) is 6. The van der Waals surface area contributed by atoms with Gasteiger partial charge in [0.05, 0.1) is 35.6 Å². The number of hydrogen-bond acceptors (Lipinski definition) is 18. The highest BCUT2D eigenvalue weighted by Gasteiger charge is 2.24. The van der Waals surface area contributed by atoms with Crippen molar-refractivity contribution in [3.05, 3.63) is 202 Å². The highest BCUT2D eigenvalue weighted by Crippen LogP contribution is 2.23. The largest absolute Gasteiger partial charge is 0.494 e. The maximum atomic E-state index is 12.2. The number of ether oxygens (including phenoxy) is 2. The van der Waals surface area contributed by atoms with E-state index in [-0.39, 0.29) is 66.3 Å². The molecule has 0 radical (unpaired) electrons. The van der Waals surface area contributed by atoms with Crippen LogP contribution in [0.5, 0.6) is 11.5 Å². The van der Waals surface area contributed by atoms with Crippen LogP contribution in [0.2, 0.25) is 0 Å². The van der Waals surface area contributed by atoms with Crippen LogP contribution in [0.1, 0.15) is 136 Å². The number of rotatable bonds is 39. The van der Waals surface area contributed by atoms with E-state index in [0.29, 0.717) is 150 Å². The average Bonchev–Trinajstić information content (AvgIpc) is 1.69. The van der Waals surface area contributed by atoms with Crippen LogP contribution in [0.3, 0.4) is 0 Å². The van der Waals surface area contributed by atoms with Crippen molar-refractivity contribution in [2.45, 2.75) is 96.8 Å². The minimum absolute atomic E-state index is 0.0795. The Kier molecular flexibility index (Phi) is 42.4. The summed E-state index contributed by atoms with van der Waals surface area (Å²) in [6, 6.07) is 40.5. The highest BCUT2D eigenvalue weighted by atomic mass is 125. The van der Waals surface area contributed by atoms with Crippen molar-refractivity contribution in [2.24, 2.45) is 0 Å². The molecule has 29 heteroatoms. The summed E-state index contributed by atoms with van der Waals surface area (Å²) >= 11 is 6.59. The Balaban J connectivity index is 0.000000260. The van der Waals surface area contributed by atoms with E-state index in [0.717, 1.165) is 101 Å². The molecule has 0 spiro atoms. The van der Waals surface area contributed by atoms with Crippen LogP contribution >= 0.6 is 67.8 Å². The van der Waals surface area contributed by atoms with Gasteiger partial charge in [-0.05, 0) is 248 Å². The number of nitrogens with two attached hydrogens (primary N) is 2. The number of H-pyrrole nitrogens is 1. The number of nitrogen functional groups attached to an aromatic ring is 2. The maximum Gasteiger partial charge on any atom is 0.253 e. The number of aromatic amines is 1. The number of amides is 9. The molecule has 7 aromatic rings. The third-order valence-electron chi connectivity index (χ3n) is 15.7. The van der Waals surface area contributed by atoms with Crippen molar-refractivity contribution < 1.29 is 67.0 Å². The molecule has 3 heterocycles. The van der Waals surface area contributed by atoms with Crippen LogP contribution in [0.25, 0.3) is 11.0 Å². The summed E-state index contributed by atoms with van der Waals surface area (Å²) < 4.78 is 14.7. The second kappa shape index (κ2) is 51.5. The number of carbonyl (C=O) groups excluding carboxylic acids is 12. The van der Waals surface area contributed by atoms with Crippen LogP contribution in [0, 0.1) is 17.6 Å². The number of aldehydes is 3. The van der Waals surface area contributed by atoms with E-state index in [1.54, 1.807) is 48.5 Å². The molecule has 9 rings (SSSR count). The minimum atomic E-state index is -0.352. The number of imidazole rings is 1. The molecule has 9 amide bonds. The summed E-state index contributed by atoms with van der Waals surface area (Å²) in [6.07, 6.45) is 17.4. The summed E-state index contributed by atoms with van der Waals surface area (Å²) in [5.41, 5.74) is 17.9. The van der Waals surface area contributed by atoms with Gasteiger partial charge in [-0.2, -0.15) is 0 Å². The third kappa shape index (κ3) is 35.3. The van der Waals surface area contributed by atoms with Crippen molar-refractivity contribution in [1.82, 2.24) is 51.7 Å². The quantitative estimate of drug-likeness (QED) is 0.00569. The fraction of sp³-hybridized carbons (Fsp3) is 0.329. The smallest absolute Gasteiger partial charge is 0.253 e. The summed E-state index contributed by atoms with van der Waals surface area (Å²) in [4.78, 5) is 145. The Morgan fingerprint density at radius 1 is 0.444 bits per heavy atom. The lowest BCUT2D eigenvalue weighted by Crippen LogP contribution is -2.38. The topological polar surface area (TPSA) is 383 Å². The Hall–Kier alpha value is -9.74. The van der Waals surface area contributed by atoms with Crippen molar-refractivity contribution >= 4 is 162 Å². The molecule has 1 aromatic heterocycles. The molecule has 574 valence electrons. The van der Waals surface area contributed by atoms with E-state index >= 15 is 0 Å². The first-order valence-corrected chi connectivity index (χ1v) is 38.6. The zero-order valence-electron chi connectivity index (χ0n) is 60.3. The Morgan fingerprint density at radius 2 is 0.852 bits per heavy atom. The number of nitrogens with one attached hydrogen (secondary N) is 7. The van der Waals surface area contributed by atoms with Gasteiger partial charge in [0, 0.05) is 154 Å². The standard InChI is InChI=1S/C28H30IN5O5.C17H24N4O3.C12H15NO2.2C11H12INO2/c29-20-8-6-19(7-9-20)28(38)31-14-3-4-24-32-22-11-10-21(18-23(22)33-24)39-17-2-1-5-25(35)30-15-16-34-26(36)12-13-27(34)37;18-14-5-4-13(12-15(14)19)24-11-3-1-2-8-20-9-10-21-16(22)6-7-17(21)23;1-10-4-6-11(7-5-10)12(15)13-8-2-3-9-14;2*12-10-5-3-9(4-6-10)11(15)13-7-1-2-8-14/h6-13,18H,1-5,14-17H2,(H,30,35)(H,31,38)(H,32,33);4-7,12,20H,1-3,8-11,18-19H2;4-7,9H,2-3,8H2,1H3,(H,13,15);2*3-6,8H,1-2,7H2,(H,13,15)/i29-2;;;2*12-2. The van der Waals surface area contributed by atoms with Crippen LogP contribution in [-0.4, -0.2) is 164 Å². The van der Waals surface area contributed by atoms with Gasteiger partial charge in [-0.15, -0.1) is 0 Å². The van der Waals surface area contributed by atoms with Crippen LogP contribution < -0.4 is 52.8 Å². The Morgan fingerprint density at radius 3 is 1.30 bits per heavy atom. The first kappa shape index (κ1) is 88.9. The van der Waals surface area contributed by atoms with E-state index in [9.17, 15) is 57.5 Å². The van der Waals surface area contributed by atoms with E-state index in [1.807, 2.05) is 91.9 Å². The molecular weight excluding hydrogens is 1720 g/mol. The number of imide groups is 2. The van der Waals surface area contributed by atoms with Gasteiger partial charge < -0.3 is 72.2 Å². The summed E-state index contributed by atoms with van der Waals surface area (Å²) in [5.74, 6) is 0.679. The third-order valence-corrected chi connectivity index (χ3v) is 17.9. The molecule has 0 saturated heterocycles. The molecule has 11 N–H and O–H groups in total. The van der Waals surface area contributed by atoms with Gasteiger partial charge in [0.2, 0.25) is 5.91 Å². The zero-order valence-corrected chi connectivity index (χ0v) is 66.7. The van der Waals surface area contributed by atoms with Gasteiger partial charge in [0.15, 0.2) is 0 Å². The monoisotopic (exact) mass is 1810 g/mol. The van der Waals surface area contributed by atoms with E-state index < -0.39 is 0 Å². The fourth-order valence-corrected chi connectivity index (χ4v) is 10.8. The van der Waals surface area contributed by atoms with E-state index in [2.05, 4.69) is 110 Å². The Bertz CT molecular complexity index is 3920. The predicted molar refractivity (Wildman–Crippen MR) is 440 cm³/mol. The molecule has 2 aliphatic rings. The number of fused-ring (bicyclic) bond motifs is 1. The fourth-order valence-electron chi connectivity index (χ4n) is 9.74. The second-order valence-electron chi connectivity index (χ2n) is 24.2. The number of hydrogen-bond donors (Lipinski definition) is 9. The molecule has 0 atom stereocenters. The van der Waals surface area contributed by atoms with Gasteiger partial charge in [0.25, 0.3) is 47.3 Å². The molecule has 0 unspecified atom stereocenters. The van der Waals surface area contributed by atoms with Crippen LogP contribution in [-0.2, 0) is 44.8 Å². The van der Waals surface area contributed by atoms with Crippen LogP contribution in [0.4, 0.5) is 11.4 Å². The lowest BCUT2D eigenvalue weighted by molar-refractivity contribution is -0.138. The SMILES string of the molecule is Cc1ccc(C(=O)NCCCC=O)cc1.Nc1ccc(OCCCCCNCCN2C(=O)C=CC2=O)cc1N.O=C(CCCCOc1ccc2nc(CCCNC(=O)c3ccc([125I])cc3)[nH]c2c1)NCCN1C(=O)C=CC1=O.O=CCCCNC(=O)c1ccc([125I])cc1.O=CCCCNC(=O)c1ccc([125I])cc1. The summed E-state index contributed by atoms with van der Waals surface area (Å²) in [5, 5.41) is 17.2. The highest BCUT2D eigenvalue weighted by molar-refractivity contribution is 14.1. The molecule has 26 nitrogen and oxygen atoms in total. The number of nitrogens with zero attached hydrogens (tertiary/aromatic N) is 3. The lowest BCUT2D eigenvalue weighted by Gasteiger charge is -2.14.